The van der Waals surface area contributed by atoms with Gasteiger partial charge in [-0.2, -0.15) is 0 Å². The maximum atomic E-state index is 12.2. The average Bonchev–Trinajstić information content (AvgIpc) is 3.00. The van der Waals surface area contributed by atoms with Crippen LogP contribution in [0.15, 0.2) is 0 Å². The van der Waals surface area contributed by atoms with Crippen LogP contribution in [0.5, 0.6) is 0 Å². The van der Waals surface area contributed by atoms with E-state index >= 15 is 0 Å². The molecule has 1 heterocycles. The lowest BCUT2D eigenvalue weighted by atomic mass is 9.88. The van der Waals surface area contributed by atoms with Gasteiger partial charge in [-0.1, -0.05) is 20.8 Å². The van der Waals surface area contributed by atoms with Gasteiger partial charge in [-0.3, -0.25) is 4.79 Å². The first-order chi connectivity index (χ1) is 8.58. The van der Waals surface area contributed by atoms with Crippen LogP contribution in [-0.2, 0) is 4.79 Å². The normalized spacial score (nSPS) is 39.8. The van der Waals surface area contributed by atoms with E-state index in [1.165, 1.54) is 19.3 Å². The van der Waals surface area contributed by atoms with Gasteiger partial charge in [-0.05, 0) is 43.6 Å². The first kappa shape index (κ1) is 12.5. The number of hydrogen-bond acceptors (Lipinski definition) is 2. The Morgan fingerprint density at radius 2 is 2.11 bits per heavy atom. The Balaban J connectivity index is 1.69. The van der Waals surface area contributed by atoms with Gasteiger partial charge in [0, 0.05) is 24.5 Å². The second-order valence-corrected chi connectivity index (χ2v) is 6.91. The summed E-state index contributed by atoms with van der Waals surface area (Å²) in [6, 6.07) is 1.73. The molecule has 1 saturated heterocycles. The largest absolute Gasteiger partial charge is 0.336 e. The van der Waals surface area contributed by atoms with Crippen LogP contribution in [0.2, 0.25) is 0 Å². The molecule has 1 N–H and O–H groups in total. The minimum Gasteiger partial charge on any atom is -0.336 e. The summed E-state index contributed by atoms with van der Waals surface area (Å²) >= 11 is 0. The number of carbonyl (C=O) groups excluding carboxylic acids is 1. The summed E-state index contributed by atoms with van der Waals surface area (Å²) in [7, 11) is 0. The second-order valence-electron chi connectivity index (χ2n) is 6.91. The molecule has 0 bridgehead atoms. The van der Waals surface area contributed by atoms with E-state index in [1.54, 1.807) is 0 Å². The molecule has 2 aliphatic carbocycles. The van der Waals surface area contributed by atoms with Crippen LogP contribution in [0.25, 0.3) is 0 Å². The average molecular weight is 250 g/mol. The van der Waals surface area contributed by atoms with Gasteiger partial charge in [-0.15, -0.1) is 0 Å². The van der Waals surface area contributed by atoms with E-state index < -0.39 is 0 Å². The molecule has 0 aromatic rings. The number of hydrogen-bond donors (Lipinski definition) is 1. The van der Waals surface area contributed by atoms with Crippen molar-refractivity contribution in [3.8, 4) is 0 Å². The van der Waals surface area contributed by atoms with Gasteiger partial charge in [-0.25, -0.2) is 0 Å². The molecule has 2 saturated carbocycles. The monoisotopic (exact) mass is 250 g/mol. The van der Waals surface area contributed by atoms with Gasteiger partial charge < -0.3 is 10.2 Å². The highest BCUT2D eigenvalue weighted by Crippen LogP contribution is 2.49. The number of nitrogens with one attached hydrogen (secondary N) is 1. The SMILES string of the molecule is CC(C)NC[C@H]1[C@@H]2CC(=O)N(C3CC3)[C@@H]2C[C@@H]1C. The zero-order valence-corrected chi connectivity index (χ0v) is 11.9. The summed E-state index contributed by atoms with van der Waals surface area (Å²) in [5.74, 6) is 2.53. The van der Waals surface area contributed by atoms with Gasteiger partial charge in [0.05, 0.1) is 0 Å². The van der Waals surface area contributed by atoms with Crippen molar-refractivity contribution >= 4 is 5.91 Å². The van der Waals surface area contributed by atoms with E-state index in [0.717, 1.165) is 18.9 Å². The molecule has 0 unspecified atom stereocenters. The Kier molecular flexibility index (Phi) is 3.13. The minimum absolute atomic E-state index is 0.439. The summed E-state index contributed by atoms with van der Waals surface area (Å²) in [4.78, 5) is 14.4. The summed E-state index contributed by atoms with van der Waals surface area (Å²) in [5.41, 5.74) is 0. The predicted octanol–water partition coefficient (Wildman–Crippen LogP) is 2.02. The third kappa shape index (κ3) is 2.07. The smallest absolute Gasteiger partial charge is 0.223 e. The maximum Gasteiger partial charge on any atom is 0.223 e. The molecule has 0 radical (unpaired) electrons. The first-order valence-electron chi connectivity index (χ1n) is 7.62. The first-order valence-corrected chi connectivity index (χ1v) is 7.62. The summed E-state index contributed by atoms with van der Waals surface area (Å²) in [6.45, 7) is 7.87. The molecule has 18 heavy (non-hydrogen) atoms. The van der Waals surface area contributed by atoms with Gasteiger partial charge in [0.25, 0.3) is 0 Å². The highest BCUT2D eigenvalue weighted by molar-refractivity contribution is 5.80. The third-order valence-corrected chi connectivity index (χ3v) is 5.15. The fourth-order valence-electron chi connectivity index (χ4n) is 4.09. The van der Waals surface area contributed by atoms with Crippen LogP contribution in [-0.4, -0.2) is 35.5 Å². The molecule has 1 amide bonds. The molecule has 1 aliphatic heterocycles. The number of amides is 1. The Morgan fingerprint density at radius 3 is 2.72 bits per heavy atom. The topological polar surface area (TPSA) is 32.3 Å². The van der Waals surface area contributed by atoms with E-state index in [-0.39, 0.29) is 0 Å². The molecule has 3 rings (SSSR count). The number of fused-ring (bicyclic) bond motifs is 1. The second kappa shape index (κ2) is 4.52. The molecule has 0 spiro atoms. The highest BCUT2D eigenvalue weighted by atomic mass is 16.2. The number of carbonyl (C=O) groups is 1. The van der Waals surface area contributed by atoms with Crippen molar-refractivity contribution in [2.75, 3.05) is 6.54 Å². The number of likely N-dealkylation sites (tertiary alicyclic amines) is 1. The molecule has 4 atom stereocenters. The van der Waals surface area contributed by atoms with Crippen LogP contribution in [0.4, 0.5) is 0 Å². The van der Waals surface area contributed by atoms with Gasteiger partial charge in [0.15, 0.2) is 0 Å². The van der Waals surface area contributed by atoms with Gasteiger partial charge in [0.2, 0.25) is 5.91 Å². The van der Waals surface area contributed by atoms with Crippen LogP contribution in [0.3, 0.4) is 0 Å². The summed E-state index contributed by atoms with van der Waals surface area (Å²) < 4.78 is 0. The molecular formula is C15H26N2O. The van der Waals surface area contributed by atoms with Crippen molar-refractivity contribution in [3.63, 3.8) is 0 Å². The number of nitrogens with zero attached hydrogens (tertiary/aromatic N) is 1. The third-order valence-electron chi connectivity index (χ3n) is 5.15. The van der Waals surface area contributed by atoms with Gasteiger partial charge >= 0.3 is 0 Å². The zero-order chi connectivity index (χ0) is 12.9. The minimum atomic E-state index is 0.439. The molecule has 0 aromatic carbocycles. The van der Waals surface area contributed by atoms with Crippen LogP contribution >= 0.6 is 0 Å². The Labute approximate surface area is 110 Å². The van der Waals surface area contributed by atoms with E-state index in [2.05, 4.69) is 31.0 Å². The van der Waals surface area contributed by atoms with Crippen LogP contribution in [0.1, 0.15) is 46.5 Å². The quantitative estimate of drug-likeness (QED) is 0.828. The van der Waals surface area contributed by atoms with Crippen LogP contribution < -0.4 is 5.32 Å². The van der Waals surface area contributed by atoms with Crippen molar-refractivity contribution in [1.29, 1.82) is 0 Å². The standard InChI is InChI=1S/C15H26N2O/c1-9(2)16-8-13-10(3)6-14-12(13)7-15(18)17(14)11-4-5-11/h9-14,16H,4-8H2,1-3H3/t10-,12-,13+,14+/m0/s1. The van der Waals surface area contributed by atoms with Crippen molar-refractivity contribution in [1.82, 2.24) is 10.2 Å². The molecule has 102 valence electrons. The van der Waals surface area contributed by atoms with E-state index in [0.29, 0.717) is 35.9 Å². The molecule has 3 fully saturated rings. The number of rotatable bonds is 4. The summed E-state index contributed by atoms with van der Waals surface area (Å²) in [5, 5.41) is 3.58. The predicted molar refractivity (Wildman–Crippen MR) is 72.2 cm³/mol. The van der Waals surface area contributed by atoms with Gasteiger partial charge in [0.1, 0.15) is 0 Å². The highest BCUT2D eigenvalue weighted by Gasteiger charge is 2.53. The lowest BCUT2D eigenvalue weighted by Crippen LogP contribution is -2.36. The lowest BCUT2D eigenvalue weighted by molar-refractivity contribution is -0.129. The van der Waals surface area contributed by atoms with Crippen molar-refractivity contribution in [3.05, 3.63) is 0 Å². The van der Waals surface area contributed by atoms with Crippen molar-refractivity contribution in [2.24, 2.45) is 17.8 Å². The molecule has 3 heteroatoms. The Hall–Kier alpha value is -0.570. The molecule has 3 nitrogen and oxygen atoms in total. The van der Waals surface area contributed by atoms with E-state index in [9.17, 15) is 4.79 Å². The van der Waals surface area contributed by atoms with Crippen molar-refractivity contribution < 1.29 is 4.79 Å². The molecular weight excluding hydrogens is 224 g/mol. The Bertz CT molecular complexity index is 337. The molecule has 3 aliphatic rings. The van der Waals surface area contributed by atoms with E-state index in [1.807, 2.05) is 0 Å². The van der Waals surface area contributed by atoms with Crippen LogP contribution in [0, 0.1) is 17.8 Å². The maximum absolute atomic E-state index is 12.2. The fourth-order valence-corrected chi connectivity index (χ4v) is 4.09. The zero-order valence-electron chi connectivity index (χ0n) is 11.9. The van der Waals surface area contributed by atoms with E-state index in [4.69, 9.17) is 0 Å². The van der Waals surface area contributed by atoms with Crippen molar-refractivity contribution in [2.45, 2.75) is 64.6 Å². The fraction of sp³-hybridized carbons (Fsp3) is 0.933. The molecule has 0 aromatic heterocycles. The summed E-state index contributed by atoms with van der Waals surface area (Å²) in [6.07, 6.45) is 4.55. The Morgan fingerprint density at radius 1 is 1.39 bits per heavy atom. The lowest BCUT2D eigenvalue weighted by Gasteiger charge is -2.24.